The standard InChI is InChI=1S/C14H18ClNO/c15-13-8-6-7-12(11-17)14(13)16-9-4-2-1-3-5-10-16/h6-8,11H,1-5,9-10H2. The van der Waals surface area contributed by atoms with Gasteiger partial charge in [0, 0.05) is 18.7 Å². The zero-order valence-corrected chi connectivity index (χ0v) is 10.7. The first-order chi connectivity index (χ1) is 8.33. The Kier molecular flexibility index (Phi) is 4.43. The molecule has 0 unspecified atom stereocenters. The summed E-state index contributed by atoms with van der Waals surface area (Å²) in [7, 11) is 0. The van der Waals surface area contributed by atoms with Crippen LogP contribution >= 0.6 is 11.6 Å². The van der Waals surface area contributed by atoms with Crippen molar-refractivity contribution < 1.29 is 4.79 Å². The number of rotatable bonds is 2. The maximum absolute atomic E-state index is 11.1. The molecule has 0 aliphatic carbocycles. The molecule has 3 heteroatoms. The van der Waals surface area contributed by atoms with Crippen LogP contribution < -0.4 is 4.90 Å². The normalized spacial score (nSPS) is 17.4. The average Bonchev–Trinajstić information content (AvgIpc) is 2.29. The predicted molar refractivity (Wildman–Crippen MR) is 72.1 cm³/mol. The van der Waals surface area contributed by atoms with E-state index in [0.717, 1.165) is 25.1 Å². The van der Waals surface area contributed by atoms with Crippen molar-refractivity contribution in [3.63, 3.8) is 0 Å². The lowest BCUT2D eigenvalue weighted by atomic mass is 10.1. The van der Waals surface area contributed by atoms with Crippen molar-refractivity contribution in [3.8, 4) is 0 Å². The van der Waals surface area contributed by atoms with Crippen LogP contribution in [0.15, 0.2) is 18.2 Å². The van der Waals surface area contributed by atoms with Crippen molar-refractivity contribution in [1.29, 1.82) is 0 Å². The van der Waals surface area contributed by atoms with Gasteiger partial charge >= 0.3 is 0 Å². The second kappa shape index (κ2) is 6.06. The topological polar surface area (TPSA) is 20.3 Å². The van der Waals surface area contributed by atoms with Crippen LogP contribution in [0.5, 0.6) is 0 Å². The van der Waals surface area contributed by atoms with E-state index in [2.05, 4.69) is 4.90 Å². The van der Waals surface area contributed by atoms with E-state index in [1.165, 1.54) is 32.1 Å². The number of aldehydes is 1. The number of benzene rings is 1. The van der Waals surface area contributed by atoms with Crippen LogP contribution in [-0.4, -0.2) is 19.4 Å². The lowest BCUT2D eigenvalue weighted by Crippen LogP contribution is -2.28. The molecule has 0 N–H and O–H groups in total. The average molecular weight is 252 g/mol. The van der Waals surface area contributed by atoms with Gasteiger partial charge in [-0.15, -0.1) is 0 Å². The molecule has 1 aromatic carbocycles. The third kappa shape index (κ3) is 3.01. The first kappa shape index (κ1) is 12.4. The summed E-state index contributed by atoms with van der Waals surface area (Å²) in [5.41, 5.74) is 1.63. The van der Waals surface area contributed by atoms with E-state index < -0.39 is 0 Å². The summed E-state index contributed by atoms with van der Waals surface area (Å²) in [6.45, 7) is 2.01. The Morgan fingerprint density at radius 2 is 1.71 bits per heavy atom. The Hall–Kier alpha value is -1.02. The van der Waals surface area contributed by atoms with Gasteiger partial charge in [0.15, 0.2) is 6.29 Å². The van der Waals surface area contributed by atoms with Gasteiger partial charge in [-0.1, -0.05) is 36.9 Å². The zero-order chi connectivity index (χ0) is 12.1. The first-order valence-corrected chi connectivity index (χ1v) is 6.69. The predicted octanol–water partition coefficient (Wildman–Crippen LogP) is 3.92. The zero-order valence-electron chi connectivity index (χ0n) is 9.99. The molecule has 0 saturated carbocycles. The Balaban J connectivity index is 2.26. The van der Waals surface area contributed by atoms with Crippen molar-refractivity contribution in [2.75, 3.05) is 18.0 Å². The van der Waals surface area contributed by atoms with E-state index in [4.69, 9.17) is 11.6 Å². The molecule has 1 aliphatic heterocycles. The van der Waals surface area contributed by atoms with Crippen molar-refractivity contribution in [2.24, 2.45) is 0 Å². The van der Waals surface area contributed by atoms with E-state index in [9.17, 15) is 4.79 Å². The Morgan fingerprint density at radius 3 is 2.35 bits per heavy atom. The highest BCUT2D eigenvalue weighted by Crippen LogP contribution is 2.30. The maximum atomic E-state index is 11.1. The summed E-state index contributed by atoms with van der Waals surface area (Å²) in [5, 5.41) is 0.690. The minimum absolute atomic E-state index is 0.690. The number of carbonyl (C=O) groups is 1. The van der Waals surface area contributed by atoms with E-state index >= 15 is 0 Å². The van der Waals surface area contributed by atoms with E-state index in [-0.39, 0.29) is 0 Å². The molecular weight excluding hydrogens is 234 g/mol. The van der Waals surface area contributed by atoms with Gasteiger partial charge in [0.05, 0.1) is 10.7 Å². The van der Waals surface area contributed by atoms with Gasteiger partial charge in [-0.25, -0.2) is 0 Å². The van der Waals surface area contributed by atoms with Crippen LogP contribution in [0, 0.1) is 0 Å². The van der Waals surface area contributed by atoms with Gasteiger partial charge in [0.25, 0.3) is 0 Å². The second-order valence-corrected chi connectivity index (χ2v) is 4.96. The number of hydrogen-bond acceptors (Lipinski definition) is 2. The molecular formula is C14H18ClNO. The molecule has 1 aromatic rings. The number of hydrogen-bond donors (Lipinski definition) is 0. The largest absolute Gasteiger partial charge is 0.370 e. The van der Waals surface area contributed by atoms with Crippen LogP contribution in [0.2, 0.25) is 5.02 Å². The fourth-order valence-electron chi connectivity index (χ4n) is 2.43. The van der Waals surface area contributed by atoms with Gasteiger partial charge < -0.3 is 4.90 Å². The Labute approximate surface area is 108 Å². The summed E-state index contributed by atoms with van der Waals surface area (Å²) in [5.74, 6) is 0. The molecule has 0 amide bonds. The SMILES string of the molecule is O=Cc1cccc(Cl)c1N1CCCCCCC1. The number of halogens is 1. The van der Waals surface area contributed by atoms with Crippen molar-refractivity contribution in [1.82, 2.24) is 0 Å². The van der Waals surface area contributed by atoms with E-state index in [1.807, 2.05) is 18.2 Å². The van der Waals surface area contributed by atoms with Crippen molar-refractivity contribution in [3.05, 3.63) is 28.8 Å². The van der Waals surface area contributed by atoms with Gasteiger partial charge in [-0.2, -0.15) is 0 Å². The number of nitrogens with zero attached hydrogens (tertiary/aromatic N) is 1. The van der Waals surface area contributed by atoms with Crippen molar-refractivity contribution >= 4 is 23.6 Å². The highest BCUT2D eigenvalue weighted by atomic mass is 35.5. The molecule has 0 spiro atoms. The third-order valence-electron chi connectivity index (χ3n) is 3.32. The van der Waals surface area contributed by atoms with Crippen molar-refractivity contribution in [2.45, 2.75) is 32.1 Å². The fourth-order valence-corrected chi connectivity index (χ4v) is 2.73. The Bertz CT molecular complexity index is 384. The summed E-state index contributed by atoms with van der Waals surface area (Å²) < 4.78 is 0. The van der Waals surface area contributed by atoms with Crippen LogP contribution in [0.4, 0.5) is 5.69 Å². The molecule has 0 atom stereocenters. The highest BCUT2D eigenvalue weighted by Gasteiger charge is 2.15. The van der Waals surface area contributed by atoms with E-state index in [1.54, 1.807) is 0 Å². The molecule has 2 nitrogen and oxygen atoms in total. The second-order valence-electron chi connectivity index (χ2n) is 4.55. The molecule has 1 saturated heterocycles. The molecule has 1 heterocycles. The lowest BCUT2D eigenvalue weighted by molar-refractivity contribution is 0.112. The van der Waals surface area contributed by atoms with Gasteiger partial charge in [0.2, 0.25) is 0 Å². The quantitative estimate of drug-likeness (QED) is 0.743. The van der Waals surface area contributed by atoms with Crippen LogP contribution in [0.3, 0.4) is 0 Å². The number of anilines is 1. The molecule has 0 bridgehead atoms. The van der Waals surface area contributed by atoms with Crippen LogP contribution in [0.25, 0.3) is 0 Å². The molecule has 1 aliphatic rings. The third-order valence-corrected chi connectivity index (χ3v) is 3.62. The smallest absolute Gasteiger partial charge is 0.152 e. The fraction of sp³-hybridized carbons (Fsp3) is 0.500. The minimum Gasteiger partial charge on any atom is -0.370 e. The van der Waals surface area contributed by atoms with Crippen LogP contribution in [0.1, 0.15) is 42.5 Å². The molecule has 92 valence electrons. The number of para-hydroxylation sites is 1. The molecule has 1 fully saturated rings. The number of carbonyl (C=O) groups excluding carboxylic acids is 1. The molecule has 0 aromatic heterocycles. The van der Waals surface area contributed by atoms with Gasteiger partial charge in [-0.3, -0.25) is 4.79 Å². The molecule has 17 heavy (non-hydrogen) atoms. The van der Waals surface area contributed by atoms with E-state index in [0.29, 0.717) is 10.6 Å². The molecule has 2 rings (SSSR count). The molecule has 0 radical (unpaired) electrons. The maximum Gasteiger partial charge on any atom is 0.152 e. The first-order valence-electron chi connectivity index (χ1n) is 6.31. The highest BCUT2D eigenvalue weighted by molar-refractivity contribution is 6.33. The summed E-state index contributed by atoms with van der Waals surface area (Å²) in [4.78, 5) is 13.4. The van der Waals surface area contributed by atoms with Gasteiger partial charge in [-0.05, 0) is 25.0 Å². The Morgan fingerprint density at radius 1 is 1.06 bits per heavy atom. The van der Waals surface area contributed by atoms with Gasteiger partial charge in [0.1, 0.15) is 0 Å². The lowest BCUT2D eigenvalue weighted by Gasteiger charge is -2.28. The monoisotopic (exact) mass is 251 g/mol. The minimum atomic E-state index is 0.690. The summed E-state index contributed by atoms with van der Waals surface area (Å²) in [6.07, 6.45) is 7.15. The van der Waals surface area contributed by atoms with Crippen LogP contribution in [-0.2, 0) is 0 Å². The summed E-state index contributed by atoms with van der Waals surface area (Å²) >= 11 is 6.24. The summed E-state index contributed by atoms with van der Waals surface area (Å²) in [6, 6.07) is 5.54.